The summed E-state index contributed by atoms with van der Waals surface area (Å²) < 4.78 is 7.57. The van der Waals surface area contributed by atoms with Gasteiger partial charge in [0.05, 0.1) is 23.2 Å². The normalized spacial score (nSPS) is 11.0. The van der Waals surface area contributed by atoms with Crippen molar-refractivity contribution in [3.05, 3.63) is 118 Å². The van der Waals surface area contributed by atoms with Gasteiger partial charge in [-0.3, -0.25) is 4.79 Å². The van der Waals surface area contributed by atoms with E-state index in [4.69, 9.17) is 4.74 Å². The number of thiophene rings is 1. The van der Waals surface area contributed by atoms with E-state index in [1.165, 1.54) is 0 Å². The van der Waals surface area contributed by atoms with Gasteiger partial charge in [0, 0.05) is 23.1 Å². The van der Waals surface area contributed by atoms with Gasteiger partial charge in [0.25, 0.3) is 0 Å². The van der Waals surface area contributed by atoms with Gasteiger partial charge in [-0.25, -0.2) is 0 Å². The fourth-order valence-electron chi connectivity index (χ4n) is 4.02. The van der Waals surface area contributed by atoms with Gasteiger partial charge in [0.2, 0.25) is 0 Å². The molecule has 0 fully saturated rings. The maximum atomic E-state index is 13.7. The van der Waals surface area contributed by atoms with Crippen molar-refractivity contribution < 1.29 is 4.74 Å². The second kappa shape index (κ2) is 8.25. The van der Waals surface area contributed by atoms with Crippen LogP contribution < -0.4 is 10.2 Å². The summed E-state index contributed by atoms with van der Waals surface area (Å²) in [6, 6.07) is 30.1. The number of ether oxygens (including phenoxy) is 1. The van der Waals surface area contributed by atoms with Crippen LogP contribution >= 0.6 is 11.3 Å². The van der Waals surface area contributed by atoms with Crippen molar-refractivity contribution in [2.24, 2.45) is 0 Å². The second-order valence-electron chi connectivity index (χ2n) is 7.35. The largest absolute Gasteiger partial charge is 0.497 e. The summed E-state index contributed by atoms with van der Waals surface area (Å²) in [6.07, 6.45) is 0.577. The molecule has 3 aromatic carbocycles. The van der Waals surface area contributed by atoms with Crippen molar-refractivity contribution in [1.29, 1.82) is 0 Å². The molecule has 5 aromatic rings. The topological polar surface area (TPSA) is 31.2 Å². The first kappa shape index (κ1) is 19.3. The Labute approximate surface area is 184 Å². The predicted molar refractivity (Wildman–Crippen MR) is 129 cm³/mol. The Morgan fingerprint density at radius 1 is 0.839 bits per heavy atom. The number of aromatic nitrogens is 1. The summed E-state index contributed by atoms with van der Waals surface area (Å²) in [4.78, 5) is 14.8. The van der Waals surface area contributed by atoms with Crippen molar-refractivity contribution in [2.45, 2.75) is 6.42 Å². The van der Waals surface area contributed by atoms with Crippen molar-refractivity contribution in [3.8, 4) is 22.0 Å². The molecular formula is C27H21NO2S. The second-order valence-corrected chi connectivity index (χ2v) is 8.29. The average molecular weight is 424 g/mol. The summed E-state index contributed by atoms with van der Waals surface area (Å²) in [5.74, 6) is 0.802. The van der Waals surface area contributed by atoms with E-state index < -0.39 is 0 Å². The lowest BCUT2D eigenvalue weighted by atomic mass is 9.98. The first-order valence-corrected chi connectivity index (χ1v) is 11.0. The van der Waals surface area contributed by atoms with E-state index in [0.29, 0.717) is 6.42 Å². The fourth-order valence-corrected chi connectivity index (χ4v) is 4.81. The molecular weight excluding hydrogens is 402 g/mol. The summed E-state index contributed by atoms with van der Waals surface area (Å²) in [6.45, 7) is 0. The molecule has 0 radical (unpaired) electrons. The van der Waals surface area contributed by atoms with E-state index >= 15 is 0 Å². The molecule has 0 saturated heterocycles. The molecule has 4 heteroatoms. The van der Waals surface area contributed by atoms with Crippen molar-refractivity contribution in [3.63, 3.8) is 0 Å². The Hall–Kier alpha value is -3.63. The van der Waals surface area contributed by atoms with Crippen LogP contribution in [0.1, 0.15) is 11.1 Å². The molecule has 0 spiro atoms. The van der Waals surface area contributed by atoms with Crippen LogP contribution in [0.25, 0.3) is 27.2 Å². The lowest BCUT2D eigenvalue weighted by molar-refractivity contribution is 0.415. The Kier molecular flexibility index (Phi) is 5.14. The molecule has 31 heavy (non-hydrogen) atoms. The fraction of sp³-hybridized carbons (Fsp3) is 0.0741. The number of benzene rings is 3. The summed E-state index contributed by atoms with van der Waals surface area (Å²) >= 11 is 1.65. The van der Waals surface area contributed by atoms with Crippen molar-refractivity contribution >= 4 is 22.2 Å². The Bertz CT molecular complexity index is 1390. The Morgan fingerprint density at radius 2 is 1.58 bits per heavy atom. The van der Waals surface area contributed by atoms with Gasteiger partial charge >= 0.3 is 0 Å². The van der Waals surface area contributed by atoms with E-state index in [-0.39, 0.29) is 5.43 Å². The predicted octanol–water partition coefficient (Wildman–Crippen LogP) is 6.32. The highest BCUT2D eigenvalue weighted by Gasteiger charge is 2.20. The van der Waals surface area contributed by atoms with E-state index in [1.54, 1.807) is 18.4 Å². The molecule has 2 aromatic heterocycles. The zero-order valence-electron chi connectivity index (χ0n) is 17.1. The Morgan fingerprint density at radius 3 is 2.29 bits per heavy atom. The monoisotopic (exact) mass is 423 g/mol. The molecule has 0 aliphatic rings. The van der Waals surface area contributed by atoms with Gasteiger partial charge in [0.1, 0.15) is 5.75 Å². The van der Waals surface area contributed by atoms with Crippen molar-refractivity contribution in [2.75, 3.05) is 7.11 Å². The first-order valence-electron chi connectivity index (χ1n) is 10.1. The lowest BCUT2D eigenvalue weighted by Gasteiger charge is -2.20. The third-order valence-corrected chi connectivity index (χ3v) is 6.36. The van der Waals surface area contributed by atoms with Crippen LogP contribution in [-0.2, 0) is 6.42 Å². The molecule has 0 atom stereocenters. The zero-order chi connectivity index (χ0) is 21.2. The number of hydrogen-bond acceptors (Lipinski definition) is 3. The lowest BCUT2D eigenvalue weighted by Crippen LogP contribution is -2.18. The van der Waals surface area contributed by atoms with Crippen LogP contribution in [0.2, 0.25) is 0 Å². The third kappa shape index (κ3) is 3.56. The molecule has 0 aliphatic heterocycles. The van der Waals surface area contributed by atoms with Gasteiger partial charge in [-0.15, -0.1) is 11.3 Å². The number of fused-ring (bicyclic) bond motifs is 1. The van der Waals surface area contributed by atoms with Crippen LogP contribution in [0, 0.1) is 0 Å². The zero-order valence-corrected chi connectivity index (χ0v) is 17.9. The molecule has 0 aliphatic carbocycles. The minimum atomic E-state index is 0.0904. The quantitative estimate of drug-likeness (QED) is 0.331. The van der Waals surface area contributed by atoms with Gasteiger partial charge in [0.15, 0.2) is 5.43 Å². The molecule has 0 saturated carbocycles. The summed E-state index contributed by atoms with van der Waals surface area (Å²) in [5, 5.41) is 2.78. The van der Waals surface area contributed by atoms with E-state index in [9.17, 15) is 4.79 Å². The van der Waals surface area contributed by atoms with E-state index in [0.717, 1.165) is 44.0 Å². The summed E-state index contributed by atoms with van der Waals surface area (Å²) in [7, 11) is 1.67. The summed E-state index contributed by atoms with van der Waals surface area (Å²) in [5.41, 5.74) is 4.87. The number of methoxy groups -OCH3 is 1. The number of pyridine rings is 1. The van der Waals surface area contributed by atoms with Crippen LogP contribution in [0.5, 0.6) is 5.75 Å². The highest BCUT2D eigenvalue weighted by Crippen LogP contribution is 2.34. The maximum absolute atomic E-state index is 13.7. The minimum Gasteiger partial charge on any atom is -0.497 e. The standard InChI is InChI=1S/C27H21NO2S/c1-30-21-15-13-20(14-16-21)28-24-11-6-5-10-22(24)27(29)23(18-19-8-3-2-4-9-19)26(28)25-12-7-17-31-25/h2-17H,18H2,1H3. The van der Waals surface area contributed by atoms with Crippen LogP contribution in [0.3, 0.4) is 0 Å². The molecule has 0 unspecified atom stereocenters. The third-order valence-electron chi connectivity index (χ3n) is 5.48. The highest BCUT2D eigenvalue weighted by atomic mass is 32.1. The van der Waals surface area contributed by atoms with Gasteiger partial charge in [-0.2, -0.15) is 0 Å². The molecule has 0 bridgehead atoms. The number of hydrogen-bond donors (Lipinski definition) is 0. The van der Waals surface area contributed by atoms with Gasteiger partial charge < -0.3 is 9.30 Å². The number of nitrogens with zero attached hydrogens (tertiary/aromatic N) is 1. The van der Waals surface area contributed by atoms with Crippen LogP contribution in [0.4, 0.5) is 0 Å². The molecule has 152 valence electrons. The van der Waals surface area contributed by atoms with E-state index in [1.807, 2.05) is 72.8 Å². The molecule has 0 N–H and O–H groups in total. The Balaban J connectivity index is 1.88. The minimum absolute atomic E-state index is 0.0904. The van der Waals surface area contributed by atoms with Gasteiger partial charge in [-0.05, 0) is 53.4 Å². The maximum Gasteiger partial charge on any atom is 0.193 e. The van der Waals surface area contributed by atoms with Gasteiger partial charge in [-0.1, -0.05) is 48.5 Å². The first-order chi connectivity index (χ1) is 15.3. The number of para-hydroxylation sites is 1. The highest BCUT2D eigenvalue weighted by molar-refractivity contribution is 7.13. The average Bonchev–Trinajstić information content (AvgIpc) is 3.36. The van der Waals surface area contributed by atoms with E-state index in [2.05, 4.69) is 28.1 Å². The SMILES string of the molecule is COc1ccc(-n2c(-c3cccs3)c(Cc3ccccc3)c(=O)c3ccccc32)cc1. The molecule has 5 rings (SSSR count). The number of rotatable bonds is 5. The molecule has 2 heterocycles. The van der Waals surface area contributed by atoms with Crippen LogP contribution in [0.15, 0.2) is 101 Å². The molecule has 3 nitrogen and oxygen atoms in total. The van der Waals surface area contributed by atoms with Crippen LogP contribution in [-0.4, -0.2) is 11.7 Å². The van der Waals surface area contributed by atoms with Crippen molar-refractivity contribution in [1.82, 2.24) is 4.57 Å². The molecule has 0 amide bonds. The smallest absolute Gasteiger partial charge is 0.193 e.